The van der Waals surface area contributed by atoms with Gasteiger partial charge >= 0.3 is 0 Å². The molecule has 1 unspecified atom stereocenters. The SMILES string of the molecule is CC12C=c3c(sc4ccsc34)=CC1=Cc1c(sc3ccsc13)C2. The lowest BCUT2D eigenvalue weighted by Gasteiger charge is -2.32. The minimum absolute atomic E-state index is 0.144. The normalized spacial score (nSPS) is 22.2. The third kappa shape index (κ3) is 1.65. The second kappa shape index (κ2) is 4.25. The zero-order chi connectivity index (χ0) is 15.2. The lowest BCUT2D eigenvalue weighted by Crippen LogP contribution is -2.33. The topological polar surface area (TPSA) is 0 Å². The van der Waals surface area contributed by atoms with Gasteiger partial charge in [0, 0.05) is 35.0 Å². The highest BCUT2D eigenvalue weighted by Gasteiger charge is 2.34. The molecule has 6 rings (SSSR count). The molecule has 0 aromatic carbocycles. The van der Waals surface area contributed by atoms with Crippen LogP contribution in [0.4, 0.5) is 0 Å². The Hall–Kier alpha value is -1.20. The van der Waals surface area contributed by atoms with Crippen molar-refractivity contribution in [3.8, 4) is 0 Å². The van der Waals surface area contributed by atoms with E-state index in [1.807, 2.05) is 45.3 Å². The zero-order valence-corrected chi connectivity index (χ0v) is 15.6. The fourth-order valence-corrected chi connectivity index (χ4v) is 8.60. The van der Waals surface area contributed by atoms with Crippen molar-refractivity contribution in [3.63, 3.8) is 0 Å². The molecule has 23 heavy (non-hydrogen) atoms. The van der Waals surface area contributed by atoms with Crippen LogP contribution in [-0.2, 0) is 6.42 Å². The van der Waals surface area contributed by atoms with Crippen LogP contribution < -0.4 is 9.75 Å². The Bertz CT molecular complexity index is 1250. The van der Waals surface area contributed by atoms with Crippen molar-refractivity contribution < 1.29 is 0 Å². The molecule has 0 amide bonds. The molecule has 0 N–H and O–H groups in total. The summed E-state index contributed by atoms with van der Waals surface area (Å²) in [4.78, 5) is 1.56. The van der Waals surface area contributed by atoms with Gasteiger partial charge in [0.25, 0.3) is 0 Å². The molecule has 0 bridgehead atoms. The summed E-state index contributed by atoms with van der Waals surface area (Å²) in [5.74, 6) is 0. The maximum atomic E-state index is 2.54. The summed E-state index contributed by atoms with van der Waals surface area (Å²) in [7, 11) is 0. The molecule has 2 aliphatic carbocycles. The zero-order valence-electron chi connectivity index (χ0n) is 12.4. The molecule has 2 aliphatic rings. The fourth-order valence-electron chi connectivity index (χ4n) is 3.83. The summed E-state index contributed by atoms with van der Waals surface area (Å²) in [6, 6.07) is 4.53. The summed E-state index contributed by atoms with van der Waals surface area (Å²) in [6.45, 7) is 2.41. The third-order valence-electron chi connectivity index (χ3n) is 5.00. The van der Waals surface area contributed by atoms with Crippen LogP contribution in [0.3, 0.4) is 0 Å². The first kappa shape index (κ1) is 13.1. The standard InChI is InChI=1S/C19H12S4/c1-19-8-12-15(22-14-3-5-21-18(12)14)7-10(19)6-11-16(9-19)23-13-2-4-20-17(11)13/h2-8H,9H2,1H3. The Morgan fingerprint density at radius 3 is 2.61 bits per heavy atom. The lowest BCUT2D eigenvalue weighted by atomic mass is 9.72. The van der Waals surface area contributed by atoms with E-state index in [1.165, 1.54) is 39.7 Å². The summed E-state index contributed by atoms with van der Waals surface area (Å²) >= 11 is 7.69. The number of hydrogen-bond acceptors (Lipinski definition) is 4. The number of hydrogen-bond donors (Lipinski definition) is 0. The van der Waals surface area contributed by atoms with E-state index in [1.54, 1.807) is 4.88 Å². The van der Waals surface area contributed by atoms with Crippen molar-refractivity contribution in [1.82, 2.24) is 0 Å². The van der Waals surface area contributed by atoms with Gasteiger partial charge in [-0.3, -0.25) is 0 Å². The lowest BCUT2D eigenvalue weighted by molar-refractivity contribution is 0.566. The van der Waals surface area contributed by atoms with E-state index in [9.17, 15) is 0 Å². The van der Waals surface area contributed by atoms with E-state index in [0.717, 1.165) is 6.42 Å². The first-order chi connectivity index (χ1) is 11.2. The molecule has 0 radical (unpaired) electrons. The Morgan fingerprint density at radius 2 is 1.74 bits per heavy atom. The highest BCUT2D eigenvalue weighted by molar-refractivity contribution is 7.27. The van der Waals surface area contributed by atoms with Gasteiger partial charge in [-0.1, -0.05) is 13.0 Å². The first-order valence-electron chi connectivity index (χ1n) is 7.63. The molecule has 0 nitrogen and oxygen atoms in total. The number of thiophene rings is 4. The minimum Gasteiger partial charge on any atom is -0.142 e. The molecule has 0 aliphatic heterocycles. The van der Waals surface area contributed by atoms with Gasteiger partial charge in [-0.15, -0.1) is 45.3 Å². The summed E-state index contributed by atoms with van der Waals surface area (Å²) < 4.78 is 7.28. The van der Waals surface area contributed by atoms with Gasteiger partial charge < -0.3 is 0 Å². The van der Waals surface area contributed by atoms with E-state index < -0.39 is 0 Å². The van der Waals surface area contributed by atoms with Gasteiger partial charge in [0.2, 0.25) is 0 Å². The highest BCUT2D eigenvalue weighted by Crippen LogP contribution is 2.48. The maximum Gasteiger partial charge on any atom is 0.0526 e. The molecule has 0 fully saturated rings. The first-order valence-corrected chi connectivity index (χ1v) is 11.0. The minimum atomic E-state index is 0.144. The molecular formula is C19H12S4. The Morgan fingerprint density at radius 1 is 0.957 bits per heavy atom. The van der Waals surface area contributed by atoms with Gasteiger partial charge in [-0.25, -0.2) is 0 Å². The second-order valence-electron chi connectivity index (χ2n) is 6.53. The largest absolute Gasteiger partial charge is 0.142 e. The van der Waals surface area contributed by atoms with Crippen molar-refractivity contribution >= 4 is 82.4 Å². The molecule has 0 saturated carbocycles. The van der Waals surface area contributed by atoms with Gasteiger partial charge in [0.05, 0.1) is 9.40 Å². The van der Waals surface area contributed by atoms with E-state index in [0.29, 0.717) is 0 Å². The van der Waals surface area contributed by atoms with Crippen molar-refractivity contribution in [2.45, 2.75) is 13.3 Å². The quantitative estimate of drug-likeness (QED) is 0.387. The average molecular weight is 369 g/mol. The van der Waals surface area contributed by atoms with E-state index in [2.05, 4.69) is 48.0 Å². The van der Waals surface area contributed by atoms with E-state index in [-0.39, 0.29) is 5.41 Å². The van der Waals surface area contributed by atoms with Crippen LogP contribution in [0.25, 0.3) is 37.0 Å². The van der Waals surface area contributed by atoms with Gasteiger partial charge in [-0.2, -0.15) is 0 Å². The van der Waals surface area contributed by atoms with Gasteiger partial charge in [0.1, 0.15) is 0 Å². The second-order valence-corrected chi connectivity index (χ2v) is 10.6. The molecule has 4 heterocycles. The summed E-state index contributed by atoms with van der Waals surface area (Å²) in [5.41, 5.74) is 3.11. The Balaban J connectivity index is 1.70. The van der Waals surface area contributed by atoms with Crippen molar-refractivity contribution in [3.05, 3.63) is 48.7 Å². The summed E-state index contributed by atoms with van der Waals surface area (Å²) in [6.07, 6.45) is 8.59. The molecule has 4 aromatic rings. The van der Waals surface area contributed by atoms with E-state index >= 15 is 0 Å². The Kier molecular flexibility index (Phi) is 2.43. The van der Waals surface area contributed by atoms with Crippen LogP contribution in [0.1, 0.15) is 17.4 Å². The van der Waals surface area contributed by atoms with Crippen LogP contribution in [0, 0.1) is 5.41 Å². The molecule has 112 valence electrons. The van der Waals surface area contributed by atoms with Crippen molar-refractivity contribution in [2.75, 3.05) is 0 Å². The molecular weight excluding hydrogens is 356 g/mol. The van der Waals surface area contributed by atoms with Crippen LogP contribution in [0.5, 0.6) is 0 Å². The van der Waals surface area contributed by atoms with Crippen LogP contribution in [0.2, 0.25) is 0 Å². The molecule has 0 spiro atoms. The smallest absolute Gasteiger partial charge is 0.0526 e. The highest BCUT2D eigenvalue weighted by atomic mass is 32.1. The third-order valence-corrected chi connectivity index (χ3v) is 9.45. The number of fused-ring (bicyclic) bond motifs is 7. The van der Waals surface area contributed by atoms with Gasteiger partial charge in [-0.05, 0) is 47.0 Å². The Labute approximate surface area is 149 Å². The van der Waals surface area contributed by atoms with Crippen molar-refractivity contribution in [2.24, 2.45) is 5.41 Å². The monoisotopic (exact) mass is 368 g/mol. The molecule has 4 heteroatoms. The van der Waals surface area contributed by atoms with Crippen LogP contribution >= 0.6 is 45.3 Å². The summed E-state index contributed by atoms with van der Waals surface area (Å²) in [5, 5.41) is 5.91. The van der Waals surface area contributed by atoms with Crippen molar-refractivity contribution in [1.29, 1.82) is 0 Å². The number of allylic oxidation sites excluding steroid dienone is 1. The maximum absolute atomic E-state index is 2.54. The predicted octanol–water partition coefficient (Wildman–Crippen LogP) is 5.46. The van der Waals surface area contributed by atoms with Crippen LogP contribution in [0.15, 0.2) is 28.5 Å². The predicted molar refractivity (Wildman–Crippen MR) is 107 cm³/mol. The average Bonchev–Trinajstić information content (AvgIpc) is 3.23. The molecule has 4 aromatic heterocycles. The molecule has 0 saturated heterocycles. The number of rotatable bonds is 0. The van der Waals surface area contributed by atoms with E-state index in [4.69, 9.17) is 0 Å². The fraction of sp³-hybridized carbons (Fsp3) is 0.158. The molecule has 1 atom stereocenters. The van der Waals surface area contributed by atoms with Crippen LogP contribution in [-0.4, -0.2) is 0 Å². The van der Waals surface area contributed by atoms with Gasteiger partial charge in [0.15, 0.2) is 0 Å².